The number of allylic oxidation sites excluding steroid dienone is 8. The monoisotopic (exact) mass is 648 g/mol. The summed E-state index contributed by atoms with van der Waals surface area (Å²) >= 11 is 0. The molecule has 1 saturated heterocycles. The fourth-order valence-corrected chi connectivity index (χ4v) is 5.77. The van der Waals surface area contributed by atoms with Gasteiger partial charge in [0.25, 0.3) is 0 Å². The zero-order valence-corrected chi connectivity index (χ0v) is 28.4. The molecule has 3 aliphatic heterocycles. The highest BCUT2D eigenvalue weighted by Crippen LogP contribution is 2.39. The molecule has 4 rings (SSSR count). The number of carbonyl (C=O) groups excluding carboxylic acids is 1. The lowest BCUT2D eigenvalue weighted by molar-refractivity contribution is -0.140. The molecule has 254 valence electrons. The first-order valence-corrected chi connectivity index (χ1v) is 16.3. The molecular formula is C38H49FN2O6. The van der Waals surface area contributed by atoms with Crippen LogP contribution in [0.5, 0.6) is 11.5 Å². The average molecular weight is 649 g/mol. The third-order valence-electron chi connectivity index (χ3n) is 8.85. The maximum atomic E-state index is 13.4. The number of hydrogen-bond donors (Lipinski definition) is 0. The number of carbonyl (C=O) groups is 1. The van der Waals surface area contributed by atoms with Crippen LogP contribution in [-0.2, 0) is 19.0 Å². The molecule has 9 heteroatoms. The fraction of sp³-hybridized carbons (Fsp3) is 0.447. The van der Waals surface area contributed by atoms with Crippen LogP contribution in [-0.4, -0.2) is 81.0 Å². The molecule has 3 unspecified atom stereocenters. The summed E-state index contributed by atoms with van der Waals surface area (Å²) < 4.78 is 42.8. The van der Waals surface area contributed by atoms with E-state index in [1.807, 2.05) is 25.1 Å². The summed E-state index contributed by atoms with van der Waals surface area (Å²) in [6.07, 6.45) is 10.7. The summed E-state index contributed by atoms with van der Waals surface area (Å²) in [5.41, 5.74) is 3.58. The second-order valence-electron chi connectivity index (χ2n) is 11.9. The second kappa shape index (κ2) is 17.2. The van der Waals surface area contributed by atoms with Gasteiger partial charge in [0.15, 0.2) is 17.3 Å². The van der Waals surface area contributed by atoms with Gasteiger partial charge in [0.2, 0.25) is 0 Å². The second-order valence-corrected chi connectivity index (χ2v) is 11.9. The number of rotatable bonds is 12. The molecule has 0 spiro atoms. The van der Waals surface area contributed by atoms with Crippen molar-refractivity contribution in [2.75, 3.05) is 53.2 Å². The molecular weight excluding hydrogens is 599 g/mol. The molecule has 1 aromatic rings. The van der Waals surface area contributed by atoms with Gasteiger partial charge in [-0.3, -0.25) is 4.90 Å². The number of halogens is 1. The molecule has 0 bridgehead atoms. The Labute approximate surface area is 279 Å². The molecule has 0 N–H and O–H groups in total. The zero-order chi connectivity index (χ0) is 33.9. The molecule has 0 radical (unpaired) electrons. The average Bonchev–Trinajstić information content (AvgIpc) is 3.20. The van der Waals surface area contributed by atoms with E-state index in [4.69, 9.17) is 23.7 Å². The third-order valence-corrected chi connectivity index (χ3v) is 8.85. The summed E-state index contributed by atoms with van der Waals surface area (Å²) in [4.78, 5) is 17.7. The lowest BCUT2D eigenvalue weighted by Gasteiger charge is -2.38. The van der Waals surface area contributed by atoms with Crippen LogP contribution in [0.2, 0.25) is 0 Å². The summed E-state index contributed by atoms with van der Waals surface area (Å²) in [5.74, 6) is 2.14. The van der Waals surface area contributed by atoms with Gasteiger partial charge in [0.05, 0.1) is 11.9 Å². The molecule has 3 aliphatic rings. The Morgan fingerprint density at radius 2 is 1.85 bits per heavy atom. The Bertz CT molecular complexity index is 1460. The smallest absolute Gasteiger partial charge is 0.330 e. The summed E-state index contributed by atoms with van der Waals surface area (Å²) in [6, 6.07) is 5.64. The highest BCUT2D eigenvalue weighted by Gasteiger charge is 2.36. The first-order valence-electron chi connectivity index (χ1n) is 16.3. The maximum absolute atomic E-state index is 13.4. The minimum atomic E-state index is -0.497. The number of likely N-dealkylation sites (tertiary alicyclic amines) is 1. The van der Waals surface area contributed by atoms with E-state index >= 15 is 0 Å². The molecule has 0 aliphatic carbocycles. The molecule has 47 heavy (non-hydrogen) atoms. The molecule has 3 heterocycles. The van der Waals surface area contributed by atoms with E-state index in [0.29, 0.717) is 50.0 Å². The van der Waals surface area contributed by atoms with Crippen molar-refractivity contribution in [3.8, 4) is 11.5 Å². The van der Waals surface area contributed by atoms with Crippen LogP contribution in [0.25, 0.3) is 0 Å². The summed E-state index contributed by atoms with van der Waals surface area (Å²) in [7, 11) is 2.13. The molecule has 1 aromatic carbocycles. The van der Waals surface area contributed by atoms with Crippen molar-refractivity contribution in [1.29, 1.82) is 0 Å². The first-order chi connectivity index (χ1) is 22.6. The van der Waals surface area contributed by atoms with E-state index in [2.05, 4.69) is 49.9 Å². The molecule has 0 amide bonds. The number of fused-ring (bicyclic) bond motifs is 1. The topological polar surface area (TPSA) is 69.7 Å². The van der Waals surface area contributed by atoms with E-state index in [0.717, 1.165) is 41.2 Å². The van der Waals surface area contributed by atoms with Gasteiger partial charge in [-0.2, -0.15) is 0 Å². The van der Waals surface area contributed by atoms with Gasteiger partial charge < -0.3 is 28.6 Å². The summed E-state index contributed by atoms with van der Waals surface area (Å²) in [5, 5.41) is 0. The van der Waals surface area contributed by atoms with E-state index in [-0.39, 0.29) is 37.0 Å². The van der Waals surface area contributed by atoms with E-state index in [1.54, 1.807) is 25.2 Å². The van der Waals surface area contributed by atoms with Crippen molar-refractivity contribution in [2.45, 2.75) is 58.7 Å². The van der Waals surface area contributed by atoms with Crippen molar-refractivity contribution >= 4 is 5.97 Å². The van der Waals surface area contributed by atoms with Crippen LogP contribution in [0.3, 0.4) is 0 Å². The van der Waals surface area contributed by atoms with Crippen LogP contribution in [0.15, 0.2) is 102 Å². The minimum Gasteiger partial charge on any atom is -0.491 e. The molecule has 0 saturated carbocycles. The first kappa shape index (κ1) is 35.8. The Hall–Kier alpha value is -4.08. The summed E-state index contributed by atoms with van der Waals surface area (Å²) in [6.45, 7) is 20.0. The van der Waals surface area contributed by atoms with E-state index in [9.17, 15) is 9.18 Å². The SMILES string of the molecule is C=C(C=CCC(F)=CC)C=CC(=O)OCC(c1ccc2c(c1)OCCO2)N1CC(N(C)CC)CC(=CC2=C(C)OCCO2)C(=C)C1C. The van der Waals surface area contributed by atoms with E-state index < -0.39 is 5.97 Å². The molecule has 3 atom stereocenters. The van der Waals surface area contributed by atoms with Gasteiger partial charge in [0, 0.05) is 31.1 Å². The van der Waals surface area contributed by atoms with Crippen molar-refractivity contribution < 1.29 is 32.9 Å². The van der Waals surface area contributed by atoms with Gasteiger partial charge in [-0.05, 0) is 87.4 Å². The zero-order valence-electron chi connectivity index (χ0n) is 28.4. The van der Waals surface area contributed by atoms with Gasteiger partial charge in [-0.1, -0.05) is 44.4 Å². The predicted molar refractivity (Wildman–Crippen MR) is 183 cm³/mol. The fourth-order valence-electron chi connectivity index (χ4n) is 5.77. The van der Waals surface area contributed by atoms with Gasteiger partial charge in [0.1, 0.15) is 38.8 Å². The number of benzene rings is 1. The number of likely N-dealkylation sites (N-methyl/N-ethyl adjacent to an activating group) is 1. The number of esters is 1. The van der Waals surface area contributed by atoms with E-state index in [1.165, 1.54) is 12.2 Å². The number of nitrogens with zero attached hydrogens (tertiary/aromatic N) is 2. The van der Waals surface area contributed by atoms with Gasteiger partial charge in [-0.15, -0.1) is 0 Å². The lowest BCUT2D eigenvalue weighted by Crippen LogP contribution is -2.46. The van der Waals surface area contributed by atoms with Crippen LogP contribution in [0.1, 0.15) is 52.1 Å². The van der Waals surface area contributed by atoms with Crippen LogP contribution in [0.4, 0.5) is 4.39 Å². The molecule has 0 aromatic heterocycles. The molecule has 1 fully saturated rings. The van der Waals surface area contributed by atoms with Crippen LogP contribution in [0, 0.1) is 0 Å². The van der Waals surface area contributed by atoms with Crippen LogP contribution < -0.4 is 9.47 Å². The van der Waals surface area contributed by atoms with Crippen molar-refractivity contribution in [3.63, 3.8) is 0 Å². The van der Waals surface area contributed by atoms with Crippen molar-refractivity contribution in [2.24, 2.45) is 0 Å². The minimum absolute atomic E-state index is 0.0953. The Morgan fingerprint density at radius 3 is 2.57 bits per heavy atom. The molecule has 8 nitrogen and oxygen atoms in total. The standard InChI is InChI=1S/C38H49FN2O6/c1-8-32(39)12-10-11-26(3)13-16-38(42)47-25-34(30-14-15-35-37(22-30)46-20-19-44-35)41-24-33(40(7)9-2)21-31(27(4)28(41)5)23-36-29(6)43-17-18-45-36/h8,10-11,13-16,22-23,28,33-34H,3-4,9,12,17-21,24-25H2,1-2,5-7H3. The Balaban J connectivity index is 1.63. The number of hydrogen-bond acceptors (Lipinski definition) is 8. The highest BCUT2D eigenvalue weighted by molar-refractivity contribution is 5.82. The van der Waals surface area contributed by atoms with Crippen LogP contribution >= 0.6 is 0 Å². The lowest BCUT2D eigenvalue weighted by atomic mass is 9.95. The Morgan fingerprint density at radius 1 is 1.13 bits per heavy atom. The van der Waals surface area contributed by atoms with Gasteiger partial charge in [-0.25, -0.2) is 9.18 Å². The van der Waals surface area contributed by atoms with Crippen molar-refractivity contribution in [3.05, 3.63) is 107 Å². The largest absolute Gasteiger partial charge is 0.491 e. The Kier molecular flexibility index (Phi) is 13.1. The van der Waals surface area contributed by atoms with Crippen molar-refractivity contribution in [1.82, 2.24) is 9.80 Å². The highest BCUT2D eigenvalue weighted by atomic mass is 19.1. The third kappa shape index (κ3) is 9.72. The predicted octanol–water partition coefficient (Wildman–Crippen LogP) is 7.15. The quantitative estimate of drug-likeness (QED) is 0.135. The number of ether oxygens (including phenoxy) is 5. The van der Waals surface area contributed by atoms with Gasteiger partial charge >= 0.3 is 5.97 Å². The maximum Gasteiger partial charge on any atom is 0.330 e. The normalized spacial score (nSPS) is 22.4.